The van der Waals surface area contributed by atoms with Gasteiger partial charge in [-0.25, -0.2) is 0 Å². The molecule has 5 nitrogen and oxygen atoms in total. The van der Waals surface area contributed by atoms with Crippen LogP contribution in [0.2, 0.25) is 0 Å². The number of nitrogens with two attached hydrogens (primary N) is 1. The number of ether oxygens (including phenoxy) is 2. The first-order valence-corrected chi connectivity index (χ1v) is 6.57. The smallest absolute Gasteiger partial charge is 0.251 e. The normalized spacial score (nSPS) is 13.3. The molecule has 0 spiro atoms. The minimum atomic E-state index is -0.0477. The molecule has 1 heterocycles. The Bertz CT molecular complexity index is 435. The third-order valence-electron chi connectivity index (χ3n) is 3.00. The highest BCUT2D eigenvalue weighted by Gasteiger charge is 2.13. The molecule has 1 aliphatic rings. The van der Waals surface area contributed by atoms with Gasteiger partial charge in [0.15, 0.2) is 0 Å². The largest absolute Gasteiger partial charge is 0.380 e. The van der Waals surface area contributed by atoms with E-state index >= 15 is 0 Å². The highest BCUT2D eigenvalue weighted by molar-refractivity contribution is 5.94. The lowest BCUT2D eigenvalue weighted by Gasteiger charge is -2.07. The lowest BCUT2D eigenvalue weighted by atomic mass is 10.1. The number of hydrogen-bond acceptors (Lipinski definition) is 4. The molecule has 0 aromatic heterocycles. The van der Waals surface area contributed by atoms with E-state index in [1.807, 2.05) is 18.2 Å². The summed E-state index contributed by atoms with van der Waals surface area (Å²) in [5.41, 5.74) is 8.28. The SMILES string of the molecule is NCCOCCCNC(=O)c1ccc2c(c1)COC2. The monoisotopic (exact) mass is 264 g/mol. The Morgan fingerprint density at radius 2 is 2.16 bits per heavy atom. The number of carbonyl (C=O) groups excluding carboxylic acids is 1. The zero-order valence-corrected chi connectivity index (χ0v) is 11.0. The minimum absolute atomic E-state index is 0.0477. The predicted molar refractivity (Wildman–Crippen MR) is 71.8 cm³/mol. The van der Waals surface area contributed by atoms with Crippen LogP contribution in [-0.2, 0) is 22.7 Å². The van der Waals surface area contributed by atoms with Crippen molar-refractivity contribution in [2.75, 3.05) is 26.3 Å². The molecule has 0 unspecified atom stereocenters. The summed E-state index contributed by atoms with van der Waals surface area (Å²) in [6.07, 6.45) is 0.791. The van der Waals surface area contributed by atoms with Crippen molar-refractivity contribution >= 4 is 5.91 Å². The zero-order valence-electron chi connectivity index (χ0n) is 11.0. The summed E-state index contributed by atoms with van der Waals surface area (Å²) in [7, 11) is 0. The molecular weight excluding hydrogens is 244 g/mol. The second-order valence-corrected chi connectivity index (χ2v) is 4.49. The van der Waals surface area contributed by atoms with Gasteiger partial charge in [-0.15, -0.1) is 0 Å². The predicted octanol–water partition coefficient (Wildman–Crippen LogP) is 0.812. The molecule has 1 aliphatic heterocycles. The highest BCUT2D eigenvalue weighted by Crippen LogP contribution is 2.20. The Morgan fingerprint density at radius 3 is 3.00 bits per heavy atom. The summed E-state index contributed by atoms with van der Waals surface area (Å²) in [6, 6.07) is 5.71. The zero-order chi connectivity index (χ0) is 13.5. The first kappa shape index (κ1) is 14.0. The van der Waals surface area contributed by atoms with Crippen LogP contribution in [0.1, 0.15) is 27.9 Å². The Kier molecular flexibility index (Phi) is 5.32. The van der Waals surface area contributed by atoms with Gasteiger partial charge in [0.1, 0.15) is 0 Å². The Morgan fingerprint density at radius 1 is 1.32 bits per heavy atom. The maximum Gasteiger partial charge on any atom is 0.251 e. The van der Waals surface area contributed by atoms with Gasteiger partial charge in [0, 0.05) is 25.3 Å². The highest BCUT2D eigenvalue weighted by atomic mass is 16.5. The van der Waals surface area contributed by atoms with E-state index in [0.717, 1.165) is 12.0 Å². The van der Waals surface area contributed by atoms with Crippen LogP contribution >= 0.6 is 0 Å². The second kappa shape index (κ2) is 7.23. The van der Waals surface area contributed by atoms with E-state index in [-0.39, 0.29) is 5.91 Å². The fourth-order valence-corrected chi connectivity index (χ4v) is 1.98. The third kappa shape index (κ3) is 4.02. The molecule has 1 aromatic carbocycles. The lowest BCUT2D eigenvalue weighted by molar-refractivity contribution is 0.0943. The molecule has 0 saturated heterocycles. The molecule has 5 heteroatoms. The first-order chi connectivity index (χ1) is 9.31. The second-order valence-electron chi connectivity index (χ2n) is 4.49. The van der Waals surface area contributed by atoms with Crippen LogP contribution in [0.5, 0.6) is 0 Å². The standard InChI is InChI=1S/C14H20N2O3/c15-4-7-18-6-1-5-16-14(17)11-2-3-12-9-19-10-13(12)8-11/h2-3,8H,1,4-7,9-10,15H2,(H,16,17). The van der Waals surface area contributed by atoms with Gasteiger partial charge >= 0.3 is 0 Å². The van der Waals surface area contributed by atoms with Gasteiger partial charge in [0.25, 0.3) is 5.91 Å². The van der Waals surface area contributed by atoms with Gasteiger partial charge in [0.05, 0.1) is 19.8 Å². The minimum Gasteiger partial charge on any atom is -0.380 e. The van der Waals surface area contributed by atoms with E-state index in [1.165, 1.54) is 5.56 Å². The van der Waals surface area contributed by atoms with Crippen molar-refractivity contribution in [1.82, 2.24) is 5.32 Å². The van der Waals surface area contributed by atoms with Crippen molar-refractivity contribution in [3.63, 3.8) is 0 Å². The summed E-state index contributed by atoms with van der Waals surface area (Å²) in [5, 5.41) is 2.88. The fourth-order valence-electron chi connectivity index (χ4n) is 1.98. The molecule has 1 amide bonds. The van der Waals surface area contributed by atoms with Crippen molar-refractivity contribution < 1.29 is 14.3 Å². The van der Waals surface area contributed by atoms with Crippen LogP contribution in [-0.4, -0.2) is 32.2 Å². The van der Waals surface area contributed by atoms with Crippen molar-refractivity contribution in [2.24, 2.45) is 5.73 Å². The molecule has 0 saturated carbocycles. The number of amides is 1. The van der Waals surface area contributed by atoms with Crippen LogP contribution in [0.3, 0.4) is 0 Å². The van der Waals surface area contributed by atoms with Crippen LogP contribution in [0.15, 0.2) is 18.2 Å². The molecule has 104 valence electrons. The molecule has 19 heavy (non-hydrogen) atoms. The molecular formula is C14H20N2O3. The average Bonchev–Trinajstić information content (AvgIpc) is 2.89. The maximum absolute atomic E-state index is 11.9. The third-order valence-corrected chi connectivity index (χ3v) is 3.00. The van der Waals surface area contributed by atoms with Gasteiger partial charge in [0.2, 0.25) is 0 Å². The number of fused-ring (bicyclic) bond motifs is 1. The quantitative estimate of drug-likeness (QED) is 0.715. The van der Waals surface area contributed by atoms with Crippen molar-refractivity contribution in [3.05, 3.63) is 34.9 Å². The first-order valence-electron chi connectivity index (χ1n) is 6.57. The van der Waals surface area contributed by atoms with Gasteiger partial charge in [-0.2, -0.15) is 0 Å². The number of carbonyl (C=O) groups is 1. The topological polar surface area (TPSA) is 73.6 Å². The van der Waals surface area contributed by atoms with E-state index in [2.05, 4.69) is 5.32 Å². The van der Waals surface area contributed by atoms with Crippen LogP contribution in [0, 0.1) is 0 Å². The summed E-state index contributed by atoms with van der Waals surface area (Å²) < 4.78 is 10.6. The maximum atomic E-state index is 11.9. The van der Waals surface area contributed by atoms with Gasteiger partial charge < -0.3 is 20.5 Å². The lowest BCUT2D eigenvalue weighted by Crippen LogP contribution is -2.25. The molecule has 0 radical (unpaired) electrons. The van der Waals surface area contributed by atoms with Crippen molar-refractivity contribution in [3.8, 4) is 0 Å². The van der Waals surface area contributed by atoms with Crippen LogP contribution in [0.25, 0.3) is 0 Å². The van der Waals surface area contributed by atoms with E-state index in [0.29, 0.717) is 45.1 Å². The summed E-state index contributed by atoms with van der Waals surface area (Å²) in [5.74, 6) is -0.0477. The molecule has 0 aliphatic carbocycles. The molecule has 1 aromatic rings. The van der Waals surface area contributed by atoms with Crippen LogP contribution in [0.4, 0.5) is 0 Å². The number of hydrogen-bond donors (Lipinski definition) is 2. The van der Waals surface area contributed by atoms with E-state index < -0.39 is 0 Å². The van der Waals surface area contributed by atoms with Crippen molar-refractivity contribution in [1.29, 1.82) is 0 Å². The van der Waals surface area contributed by atoms with Gasteiger partial charge in [-0.1, -0.05) is 6.07 Å². The molecule has 3 N–H and O–H groups in total. The summed E-state index contributed by atoms with van der Waals surface area (Å²) >= 11 is 0. The number of benzene rings is 1. The Labute approximate surface area is 113 Å². The Hall–Kier alpha value is -1.43. The molecule has 0 fully saturated rings. The van der Waals surface area contributed by atoms with E-state index in [1.54, 1.807) is 0 Å². The molecule has 2 rings (SSSR count). The van der Waals surface area contributed by atoms with Crippen LogP contribution < -0.4 is 11.1 Å². The van der Waals surface area contributed by atoms with E-state index in [9.17, 15) is 4.79 Å². The number of rotatable bonds is 7. The van der Waals surface area contributed by atoms with Gasteiger partial charge in [-0.05, 0) is 29.7 Å². The Balaban J connectivity index is 1.74. The van der Waals surface area contributed by atoms with E-state index in [4.69, 9.17) is 15.2 Å². The van der Waals surface area contributed by atoms with Crippen molar-refractivity contribution in [2.45, 2.75) is 19.6 Å². The average molecular weight is 264 g/mol. The molecule has 0 bridgehead atoms. The summed E-state index contributed by atoms with van der Waals surface area (Å²) in [6.45, 7) is 3.58. The van der Waals surface area contributed by atoms with Gasteiger partial charge in [-0.3, -0.25) is 4.79 Å². The number of nitrogens with one attached hydrogen (secondary N) is 1. The summed E-state index contributed by atoms with van der Waals surface area (Å²) in [4.78, 5) is 11.9. The fraction of sp³-hybridized carbons (Fsp3) is 0.500. The molecule has 0 atom stereocenters.